The molecule has 78 valence electrons. The quantitative estimate of drug-likeness (QED) is 0.679. The molecule has 1 aromatic heterocycles. The maximum atomic E-state index is 4.62. The topological polar surface area (TPSA) is 17.8 Å². The Morgan fingerprint density at radius 3 is 2.67 bits per heavy atom. The average Bonchev–Trinajstić information content (AvgIpc) is 2.78. The van der Waals surface area contributed by atoms with Gasteiger partial charge in [0.2, 0.25) is 0 Å². The van der Waals surface area contributed by atoms with Crippen molar-refractivity contribution in [3.8, 4) is 11.3 Å². The van der Waals surface area contributed by atoms with Crippen LogP contribution in [0, 0.1) is 0 Å². The highest BCUT2D eigenvalue weighted by Gasteiger charge is 2.13. The van der Waals surface area contributed by atoms with E-state index in [0.29, 0.717) is 0 Å². The van der Waals surface area contributed by atoms with Gasteiger partial charge in [0.05, 0.1) is 5.69 Å². The second kappa shape index (κ2) is 4.19. The standard InChI is InChI=1S/C12H12N2.BrH/c1-2-5-10(6-3-1)11-9-14-8-4-7-12(14)13-11;/h1-3,5-6,9H,4,7-8H2;1H/p-1. The zero-order valence-electron chi connectivity index (χ0n) is 8.36. The molecule has 2 heterocycles. The smallest absolute Gasteiger partial charge is 0.109 e. The summed E-state index contributed by atoms with van der Waals surface area (Å²) in [5.41, 5.74) is 2.33. The molecular weight excluding hydrogens is 252 g/mol. The van der Waals surface area contributed by atoms with Crippen LogP contribution in [-0.4, -0.2) is 9.55 Å². The van der Waals surface area contributed by atoms with Gasteiger partial charge in [-0.2, -0.15) is 0 Å². The number of halogens is 1. The molecule has 0 radical (unpaired) electrons. The SMILES string of the molecule is [Br-].c1ccc(-c2cn3c(n2)CCC3)cc1. The number of nitrogens with zero attached hydrogens (tertiary/aromatic N) is 2. The Kier molecular flexibility index (Phi) is 2.91. The highest BCUT2D eigenvalue weighted by molar-refractivity contribution is 5.58. The summed E-state index contributed by atoms with van der Waals surface area (Å²) in [6.07, 6.45) is 4.54. The first-order valence-electron chi connectivity index (χ1n) is 5.05. The highest BCUT2D eigenvalue weighted by Crippen LogP contribution is 2.22. The summed E-state index contributed by atoms with van der Waals surface area (Å²) < 4.78 is 2.27. The van der Waals surface area contributed by atoms with E-state index in [4.69, 9.17) is 0 Å². The lowest BCUT2D eigenvalue weighted by Gasteiger charge is -1.94. The molecule has 0 amide bonds. The molecule has 15 heavy (non-hydrogen) atoms. The van der Waals surface area contributed by atoms with Gasteiger partial charge in [0.1, 0.15) is 5.82 Å². The molecule has 3 rings (SSSR count). The molecule has 0 N–H and O–H groups in total. The fourth-order valence-corrected chi connectivity index (χ4v) is 2.00. The van der Waals surface area contributed by atoms with Crippen LogP contribution in [0.25, 0.3) is 11.3 Å². The first-order chi connectivity index (χ1) is 6.93. The third-order valence-electron chi connectivity index (χ3n) is 2.73. The summed E-state index contributed by atoms with van der Waals surface area (Å²) in [7, 11) is 0. The second-order valence-electron chi connectivity index (χ2n) is 3.71. The van der Waals surface area contributed by atoms with Gasteiger partial charge in [-0.1, -0.05) is 30.3 Å². The van der Waals surface area contributed by atoms with Gasteiger partial charge in [0.15, 0.2) is 0 Å². The second-order valence-corrected chi connectivity index (χ2v) is 3.71. The number of fused-ring (bicyclic) bond motifs is 1. The van der Waals surface area contributed by atoms with Crippen molar-refractivity contribution in [2.24, 2.45) is 0 Å². The van der Waals surface area contributed by atoms with Crippen molar-refractivity contribution < 1.29 is 17.0 Å². The minimum absolute atomic E-state index is 0. The predicted molar refractivity (Wildman–Crippen MR) is 56.0 cm³/mol. The lowest BCUT2D eigenvalue weighted by atomic mass is 10.2. The molecule has 0 bridgehead atoms. The van der Waals surface area contributed by atoms with Crippen LogP contribution in [0.3, 0.4) is 0 Å². The molecule has 0 atom stereocenters. The van der Waals surface area contributed by atoms with Gasteiger partial charge < -0.3 is 21.5 Å². The van der Waals surface area contributed by atoms with Gasteiger partial charge in [-0.25, -0.2) is 4.98 Å². The van der Waals surface area contributed by atoms with Crippen LogP contribution in [0.2, 0.25) is 0 Å². The van der Waals surface area contributed by atoms with Gasteiger partial charge in [0.25, 0.3) is 0 Å². The zero-order chi connectivity index (χ0) is 9.38. The highest BCUT2D eigenvalue weighted by atomic mass is 79.9. The molecule has 1 aliphatic rings. The van der Waals surface area contributed by atoms with E-state index in [9.17, 15) is 0 Å². The molecule has 0 saturated carbocycles. The molecule has 0 aliphatic carbocycles. The Balaban J connectivity index is 0.000000853. The van der Waals surface area contributed by atoms with Crippen molar-refractivity contribution in [1.82, 2.24) is 9.55 Å². The maximum absolute atomic E-state index is 4.62. The third-order valence-corrected chi connectivity index (χ3v) is 2.73. The van der Waals surface area contributed by atoms with Crippen LogP contribution >= 0.6 is 0 Å². The molecule has 0 saturated heterocycles. The van der Waals surface area contributed by atoms with Crippen molar-refractivity contribution in [3.05, 3.63) is 42.4 Å². The molecule has 0 unspecified atom stereocenters. The third kappa shape index (κ3) is 1.84. The first kappa shape index (κ1) is 10.4. The number of hydrogen-bond donors (Lipinski definition) is 0. The van der Waals surface area contributed by atoms with Gasteiger partial charge >= 0.3 is 0 Å². The van der Waals surface area contributed by atoms with Gasteiger partial charge in [-0.3, -0.25) is 0 Å². The summed E-state index contributed by atoms with van der Waals surface area (Å²) in [5, 5.41) is 0. The fourth-order valence-electron chi connectivity index (χ4n) is 2.00. The number of rotatable bonds is 1. The molecule has 2 nitrogen and oxygen atoms in total. The van der Waals surface area contributed by atoms with E-state index >= 15 is 0 Å². The van der Waals surface area contributed by atoms with Gasteiger partial charge in [-0.15, -0.1) is 0 Å². The van der Waals surface area contributed by atoms with E-state index in [1.54, 1.807) is 0 Å². The Morgan fingerprint density at radius 2 is 1.93 bits per heavy atom. The summed E-state index contributed by atoms with van der Waals surface area (Å²) in [5.74, 6) is 1.24. The number of aryl methyl sites for hydroxylation is 2. The fraction of sp³-hybridized carbons (Fsp3) is 0.250. The summed E-state index contributed by atoms with van der Waals surface area (Å²) >= 11 is 0. The predicted octanol–water partition coefficient (Wildman–Crippen LogP) is -0.500. The minimum Gasteiger partial charge on any atom is -1.00 e. The van der Waals surface area contributed by atoms with Crippen molar-refractivity contribution in [2.45, 2.75) is 19.4 Å². The lowest BCUT2D eigenvalue weighted by molar-refractivity contribution is -0.00000289. The number of imidazole rings is 1. The monoisotopic (exact) mass is 263 g/mol. The van der Waals surface area contributed by atoms with E-state index in [0.717, 1.165) is 18.7 Å². The Bertz CT molecular complexity index is 426. The average molecular weight is 264 g/mol. The molecule has 3 heteroatoms. The maximum Gasteiger partial charge on any atom is 0.109 e. The van der Waals surface area contributed by atoms with E-state index in [1.807, 2.05) is 6.07 Å². The first-order valence-corrected chi connectivity index (χ1v) is 5.05. The lowest BCUT2D eigenvalue weighted by Crippen LogP contribution is -3.00. The van der Waals surface area contributed by atoms with Crippen molar-refractivity contribution in [1.29, 1.82) is 0 Å². The molecule has 1 aliphatic heterocycles. The zero-order valence-corrected chi connectivity index (χ0v) is 9.94. The van der Waals surface area contributed by atoms with Crippen LogP contribution in [0.1, 0.15) is 12.2 Å². The van der Waals surface area contributed by atoms with E-state index in [2.05, 4.69) is 40.0 Å². The Morgan fingerprint density at radius 1 is 1.13 bits per heavy atom. The van der Waals surface area contributed by atoms with Crippen LogP contribution in [0.5, 0.6) is 0 Å². The number of aromatic nitrogens is 2. The van der Waals surface area contributed by atoms with Gasteiger partial charge in [0, 0.05) is 24.7 Å². The normalized spacial score (nSPS) is 13.3. The molecule has 0 spiro atoms. The molecule has 1 aromatic carbocycles. The van der Waals surface area contributed by atoms with Gasteiger partial charge in [-0.05, 0) is 6.42 Å². The Hall–Kier alpha value is -1.09. The van der Waals surface area contributed by atoms with Crippen LogP contribution in [0.15, 0.2) is 36.5 Å². The minimum atomic E-state index is 0. The summed E-state index contributed by atoms with van der Waals surface area (Å²) in [6, 6.07) is 10.4. The number of hydrogen-bond acceptors (Lipinski definition) is 1. The van der Waals surface area contributed by atoms with Crippen LogP contribution < -0.4 is 17.0 Å². The number of benzene rings is 1. The van der Waals surface area contributed by atoms with Crippen molar-refractivity contribution in [3.63, 3.8) is 0 Å². The Labute approximate surface area is 99.7 Å². The molecule has 0 fully saturated rings. The summed E-state index contributed by atoms with van der Waals surface area (Å²) in [6.45, 7) is 1.13. The van der Waals surface area contributed by atoms with Crippen LogP contribution in [-0.2, 0) is 13.0 Å². The molecule has 2 aromatic rings. The van der Waals surface area contributed by atoms with Crippen molar-refractivity contribution >= 4 is 0 Å². The summed E-state index contributed by atoms with van der Waals surface area (Å²) in [4.78, 5) is 4.62. The van der Waals surface area contributed by atoms with E-state index in [-0.39, 0.29) is 17.0 Å². The largest absolute Gasteiger partial charge is 1.00 e. The van der Waals surface area contributed by atoms with Crippen LogP contribution in [0.4, 0.5) is 0 Å². The van der Waals surface area contributed by atoms with Crippen molar-refractivity contribution in [2.75, 3.05) is 0 Å². The molecular formula is C12H12BrN2-. The van der Waals surface area contributed by atoms with E-state index < -0.39 is 0 Å². The van der Waals surface area contributed by atoms with E-state index in [1.165, 1.54) is 17.8 Å².